The highest BCUT2D eigenvalue weighted by atomic mass is 19.2. The molecule has 0 fully saturated rings. The minimum absolute atomic E-state index is 0.160. The Kier molecular flexibility index (Phi) is 6.59. The molecule has 0 heterocycles. The molecule has 138 valence electrons. The van der Waals surface area contributed by atoms with E-state index >= 15 is 0 Å². The van der Waals surface area contributed by atoms with Gasteiger partial charge in [-0.2, -0.15) is 0 Å². The van der Waals surface area contributed by atoms with Crippen molar-refractivity contribution in [2.75, 3.05) is 25.6 Å². The van der Waals surface area contributed by atoms with Gasteiger partial charge in [-0.1, -0.05) is 0 Å². The average molecular weight is 366 g/mol. The summed E-state index contributed by atoms with van der Waals surface area (Å²) in [6.45, 7) is -0.483. The van der Waals surface area contributed by atoms with E-state index in [4.69, 9.17) is 5.11 Å². The third-order valence-corrected chi connectivity index (χ3v) is 3.27. The maximum Gasteiger partial charge on any atom is 0.337 e. The summed E-state index contributed by atoms with van der Waals surface area (Å²) < 4.78 is 32.3. The first kappa shape index (κ1) is 19.3. The van der Waals surface area contributed by atoms with Gasteiger partial charge in [0.05, 0.1) is 37.1 Å². The molecule has 2 aromatic carbocycles. The zero-order valence-electron chi connectivity index (χ0n) is 13.7. The number of benzene rings is 2. The number of hydroxylamine groups is 1. The van der Waals surface area contributed by atoms with Gasteiger partial charge in [-0.05, 0) is 36.4 Å². The molecule has 2 rings (SSSR count). The van der Waals surface area contributed by atoms with E-state index < -0.39 is 29.2 Å². The predicted molar refractivity (Wildman–Crippen MR) is 87.9 cm³/mol. The number of amides is 1. The standard InChI is InChI=1S/C17H16F2N2O5/c1-25-17(24)10-2-4-11(5-3-10)20-15-12(6-7-13(18)14(15)19)16(23)21-26-9-8-22/h2-7,20,22H,8-9H2,1H3,(H,21,23). The topological polar surface area (TPSA) is 96.9 Å². The summed E-state index contributed by atoms with van der Waals surface area (Å²) in [6.07, 6.45) is 0. The lowest BCUT2D eigenvalue weighted by atomic mass is 10.1. The van der Waals surface area contributed by atoms with Crippen molar-refractivity contribution in [2.45, 2.75) is 0 Å². The Morgan fingerprint density at radius 3 is 2.42 bits per heavy atom. The van der Waals surface area contributed by atoms with Gasteiger partial charge in [0.1, 0.15) is 0 Å². The maximum atomic E-state index is 14.2. The molecule has 0 bridgehead atoms. The quantitative estimate of drug-likeness (QED) is 0.395. The van der Waals surface area contributed by atoms with Crippen LogP contribution in [0.4, 0.5) is 20.2 Å². The van der Waals surface area contributed by atoms with Crippen LogP contribution in [0.5, 0.6) is 0 Å². The van der Waals surface area contributed by atoms with Crippen molar-refractivity contribution < 1.29 is 33.1 Å². The Hall–Kier alpha value is -3.04. The van der Waals surface area contributed by atoms with Crippen LogP contribution in [-0.2, 0) is 9.57 Å². The minimum atomic E-state index is -1.25. The molecule has 0 aliphatic carbocycles. The van der Waals surface area contributed by atoms with E-state index in [2.05, 4.69) is 14.9 Å². The number of anilines is 2. The van der Waals surface area contributed by atoms with E-state index in [1.165, 1.54) is 31.4 Å². The van der Waals surface area contributed by atoms with Crippen LogP contribution in [0.1, 0.15) is 20.7 Å². The van der Waals surface area contributed by atoms with Crippen molar-refractivity contribution in [1.29, 1.82) is 0 Å². The van der Waals surface area contributed by atoms with Gasteiger partial charge in [0.25, 0.3) is 5.91 Å². The molecule has 0 aromatic heterocycles. The van der Waals surface area contributed by atoms with E-state index in [0.717, 1.165) is 12.1 Å². The van der Waals surface area contributed by atoms with E-state index in [-0.39, 0.29) is 24.3 Å². The molecule has 9 heteroatoms. The Morgan fingerprint density at radius 1 is 1.12 bits per heavy atom. The number of carbonyl (C=O) groups is 2. The first-order chi connectivity index (χ1) is 12.5. The van der Waals surface area contributed by atoms with Gasteiger partial charge in [-0.3, -0.25) is 9.63 Å². The number of esters is 1. The summed E-state index contributed by atoms with van der Waals surface area (Å²) in [4.78, 5) is 28.2. The molecule has 0 unspecified atom stereocenters. The first-order valence-corrected chi connectivity index (χ1v) is 7.44. The molecular weight excluding hydrogens is 350 g/mol. The van der Waals surface area contributed by atoms with Crippen LogP contribution in [0.3, 0.4) is 0 Å². The summed E-state index contributed by atoms with van der Waals surface area (Å²) in [6, 6.07) is 7.63. The molecule has 0 radical (unpaired) electrons. The number of methoxy groups -OCH3 is 1. The number of carbonyl (C=O) groups excluding carboxylic acids is 2. The fourth-order valence-corrected chi connectivity index (χ4v) is 2.03. The molecule has 3 N–H and O–H groups in total. The highest BCUT2D eigenvalue weighted by Gasteiger charge is 2.19. The van der Waals surface area contributed by atoms with Crippen LogP contribution < -0.4 is 10.8 Å². The van der Waals surface area contributed by atoms with E-state index in [0.29, 0.717) is 5.69 Å². The smallest absolute Gasteiger partial charge is 0.337 e. The van der Waals surface area contributed by atoms with Gasteiger partial charge >= 0.3 is 5.97 Å². The summed E-state index contributed by atoms with van der Waals surface area (Å²) in [5, 5.41) is 11.2. The maximum absolute atomic E-state index is 14.2. The fourth-order valence-electron chi connectivity index (χ4n) is 2.03. The summed E-state index contributed by atoms with van der Waals surface area (Å²) in [5.74, 6) is -3.77. The third kappa shape index (κ3) is 4.52. The van der Waals surface area contributed by atoms with Gasteiger partial charge in [0, 0.05) is 5.69 Å². The Balaban J connectivity index is 2.28. The molecule has 0 saturated heterocycles. The van der Waals surface area contributed by atoms with Gasteiger partial charge in [0.2, 0.25) is 0 Å². The van der Waals surface area contributed by atoms with Crippen LogP contribution in [0.15, 0.2) is 36.4 Å². The van der Waals surface area contributed by atoms with Crippen molar-refractivity contribution in [3.63, 3.8) is 0 Å². The molecule has 0 aliphatic rings. The molecule has 0 saturated carbocycles. The van der Waals surface area contributed by atoms with Crippen molar-refractivity contribution in [2.24, 2.45) is 0 Å². The first-order valence-electron chi connectivity index (χ1n) is 7.44. The van der Waals surface area contributed by atoms with Gasteiger partial charge in [-0.25, -0.2) is 19.1 Å². The van der Waals surface area contributed by atoms with E-state index in [9.17, 15) is 18.4 Å². The zero-order valence-corrected chi connectivity index (χ0v) is 13.7. The molecule has 1 amide bonds. The Morgan fingerprint density at radius 2 is 1.81 bits per heavy atom. The minimum Gasteiger partial charge on any atom is -0.465 e. The van der Waals surface area contributed by atoms with E-state index in [1.54, 1.807) is 0 Å². The fraction of sp³-hybridized carbons (Fsp3) is 0.176. The van der Waals surface area contributed by atoms with Crippen molar-refractivity contribution in [3.8, 4) is 0 Å². The number of nitrogens with one attached hydrogen (secondary N) is 2. The molecule has 0 aliphatic heterocycles. The Labute approximate surface area is 147 Å². The highest BCUT2D eigenvalue weighted by molar-refractivity contribution is 6.00. The number of rotatable bonds is 7. The van der Waals surface area contributed by atoms with E-state index in [1.807, 2.05) is 5.48 Å². The van der Waals surface area contributed by atoms with Crippen LogP contribution >= 0.6 is 0 Å². The number of aliphatic hydroxyl groups excluding tert-OH is 1. The third-order valence-electron chi connectivity index (χ3n) is 3.27. The van der Waals surface area contributed by atoms with Gasteiger partial charge < -0.3 is 15.2 Å². The second-order valence-electron chi connectivity index (χ2n) is 4.98. The van der Waals surface area contributed by atoms with Crippen LogP contribution in [0, 0.1) is 11.6 Å². The molecule has 7 nitrogen and oxygen atoms in total. The number of ether oxygens (including phenoxy) is 1. The summed E-state index contributed by atoms with van der Waals surface area (Å²) >= 11 is 0. The van der Waals surface area contributed by atoms with Gasteiger partial charge in [0.15, 0.2) is 11.6 Å². The molecule has 0 atom stereocenters. The number of hydrogen-bond donors (Lipinski definition) is 3. The van der Waals surface area contributed by atoms with Crippen molar-refractivity contribution in [3.05, 3.63) is 59.2 Å². The predicted octanol–water partition coefficient (Wildman–Crippen LogP) is 2.15. The summed E-state index contributed by atoms with van der Waals surface area (Å²) in [7, 11) is 1.24. The highest BCUT2D eigenvalue weighted by Crippen LogP contribution is 2.26. The lowest BCUT2D eigenvalue weighted by Crippen LogP contribution is -2.26. The summed E-state index contributed by atoms with van der Waals surface area (Å²) in [5.41, 5.74) is 1.99. The largest absolute Gasteiger partial charge is 0.465 e. The number of aliphatic hydroxyl groups is 1. The Bertz CT molecular complexity index is 796. The lowest BCUT2D eigenvalue weighted by Gasteiger charge is -2.14. The zero-order chi connectivity index (χ0) is 19.1. The molecule has 0 spiro atoms. The second kappa shape index (κ2) is 8.88. The van der Waals surface area contributed by atoms with Crippen LogP contribution in [0.2, 0.25) is 0 Å². The molecule has 2 aromatic rings. The number of hydrogen-bond acceptors (Lipinski definition) is 6. The second-order valence-corrected chi connectivity index (χ2v) is 4.98. The molecule has 26 heavy (non-hydrogen) atoms. The lowest BCUT2D eigenvalue weighted by molar-refractivity contribution is 0.0168. The monoisotopic (exact) mass is 366 g/mol. The van der Waals surface area contributed by atoms with Crippen LogP contribution in [0.25, 0.3) is 0 Å². The van der Waals surface area contributed by atoms with Crippen molar-refractivity contribution in [1.82, 2.24) is 5.48 Å². The van der Waals surface area contributed by atoms with Gasteiger partial charge in [-0.15, -0.1) is 0 Å². The normalized spacial score (nSPS) is 10.3. The van der Waals surface area contributed by atoms with Crippen LogP contribution in [-0.4, -0.2) is 37.3 Å². The average Bonchev–Trinajstić information content (AvgIpc) is 2.65. The number of halogens is 2. The molecular formula is C17H16F2N2O5. The SMILES string of the molecule is COC(=O)c1ccc(Nc2c(C(=O)NOCCO)ccc(F)c2F)cc1. The van der Waals surface area contributed by atoms with Crippen molar-refractivity contribution >= 4 is 23.3 Å².